The minimum absolute atomic E-state index is 0.00781. The standard InChI is InChI=1S/C26H36N6O2S/c1-4-31(5-2)21-10-11-22(18(3)15-21)28-24(33)17-35-25-13-12-23(29-30-25)32-14-6-7-19(16-32)26(34)27-20-8-9-20/h10-13,15,19-20H,4-9,14,16-17H2,1-3H3,(H,27,34)(H,28,33). The van der Waals surface area contributed by atoms with Gasteiger partial charge in [0.15, 0.2) is 5.82 Å². The number of rotatable bonds is 10. The SMILES string of the molecule is CCN(CC)c1ccc(NC(=O)CSc2ccc(N3CCCC(C(=O)NC4CC4)C3)nn2)c(C)c1. The Morgan fingerprint density at radius 2 is 1.91 bits per heavy atom. The average Bonchev–Trinajstić information content (AvgIpc) is 3.69. The van der Waals surface area contributed by atoms with Crippen LogP contribution >= 0.6 is 11.8 Å². The lowest BCUT2D eigenvalue weighted by molar-refractivity contribution is -0.125. The van der Waals surface area contributed by atoms with Gasteiger partial charge in [0, 0.05) is 43.6 Å². The summed E-state index contributed by atoms with van der Waals surface area (Å²) in [6.45, 7) is 9.74. The Morgan fingerprint density at radius 3 is 2.57 bits per heavy atom. The lowest BCUT2D eigenvalue weighted by atomic mass is 9.97. The van der Waals surface area contributed by atoms with Gasteiger partial charge in [0.1, 0.15) is 5.03 Å². The van der Waals surface area contributed by atoms with Crippen LogP contribution in [-0.4, -0.2) is 60.0 Å². The fourth-order valence-electron chi connectivity index (χ4n) is 4.40. The van der Waals surface area contributed by atoms with Gasteiger partial charge in [-0.3, -0.25) is 9.59 Å². The first-order valence-electron chi connectivity index (χ1n) is 12.6. The molecule has 2 amide bonds. The van der Waals surface area contributed by atoms with Crippen molar-refractivity contribution >= 4 is 40.8 Å². The molecule has 1 saturated carbocycles. The maximum atomic E-state index is 12.5. The van der Waals surface area contributed by atoms with Crippen LogP contribution in [0.1, 0.15) is 45.1 Å². The summed E-state index contributed by atoms with van der Waals surface area (Å²) in [5.41, 5.74) is 3.04. The van der Waals surface area contributed by atoms with Gasteiger partial charge in [-0.15, -0.1) is 10.2 Å². The molecule has 1 aromatic heterocycles. The van der Waals surface area contributed by atoms with Crippen molar-refractivity contribution in [1.82, 2.24) is 15.5 Å². The van der Waals surface area contributed by atoms with Crippen LogP contribution in [0.3, 0.4) is 0 Å². The number of benzene rings is 1. The van der Waals surface area contributed by atoms with Crippen LogP contribution in [0.5, 0.6) is 0 Å². The molecular weight excluding hydrogens is 460 g/mol. The second kappa shape index (κ2) is 11.7. The van der Waals surface area contributed by atoms with Crippen molar-refractivity contribution < 1.29 is 9.59 Å². The van der Waals surface area contributed by atoms with Gasteiger partial charge in [-0.1, -0.05) is 11.8 Å². The van der Waals surface area contributed by atoms with E-state index in [1.54, 1.807) is 0 Å². The number of aryl methyl sites for hydroxylation is 1. The number of nitrogens with one attached hydrogen (secondary N) is 2. The molecule has 2 aromatic rings. The molecule has 2 aliphatic rings. The Kier molecular flexibility index (Phi) is 8.49. The van der Waals surface area contributed by atoms with Crippen molar-refractivity contribution in [3.63, 3.8) is 0 Å². The van der Waals surface area contributed by atoms with Crippen LogP contribution in [-0.2, 0) is 9.59 Å². The molecule has 1 aliphatic carbocycles. The number of anilines is 3. The third-order valence-corrected chi connectivity index (χ3v) is 7.55. The van der Waals surface area contributed by atoms with E-state index in [9.17, 15) is 9.59 Å². The number of hydrogen-bond donors (Lipinski definition) is 2. The van der Waals surface area contributed by atoms with Crippen LogP contribution in [0.25, 0.3) is 0 Å². The summed E-state index contributed by atoms with van der Waals surface area (Å²) in [6, 6.07) is 10.4. The Balaban J connectivity index is 1.26. The molecule has 4 rings (SSSR count). The summed E-state index contributed by atoms with van der Waals surface area (Å²) in [6.07, 6.45) is 4.10. The van der Waals surface area contributed by atoms with Crippen molar-refractivity contribution in [3.05, 3.63) is 35.9 Å². The number of nitrogens with zero attached hydrogens (tertiary/aromatic N) is 4. The number of piperidine rings is 1. The Bertz CT molecular complexity index is 1020. The number of hydrogen-bond acceptors (Lipinski definition) is 7. The molecule has 2 heterocycles. The summed E-state index contributed by atoms with van der Waals surface area (Å²) in [4.78, 5) is 29.4. The van der Waals surface area contributed by atoms with Crippen LogP contribution in [0.15, 0.2) is 35.4 Å². The van der Waals surface area contributed by atoms with Crippen LogP contribution in [0.2, 0.25) is 0 Å². The molecule has 2 N–H and O–H groups in total. The number of carbonyl (C=O) groups excluding carboxylic acids is 2. The summed E-state index contributed by atoms with van der Waals surface area (Å²) >= 11 is 1.37. The largest absolute Gasteiger partial charge is 0.372 e. The lowest BCUT2D eigenvalue weighted by Gasteiger charge is -2.32. The molecule has 35 heavy (non-hydrogen) atoms. The van der Waals surface area contributed by atoms with Crippen molar-refractivity contribution in [3.8, 4) is 0 Å². The third kappa shape index (κ3) is 6.87. The molecule has 188 valence electrons. The van der Waals surface area contributed by atoms with E-state index in [4.69, 9.17) is 0 Å². The molecule has 1 aliphatic heterocycles. The van der Waals surface area contributed by atoms with Crippen molar-refractivity contribution in [2.75, 3.05) is 47.0 Å². The van der Waals surface area contributed by atoms with Gasteiger partial charge in [0.25, 0.3) is 0 Å². The van der Waals surface area contributed by atoms with E-state index in [1.165, 1.54) is 17.4 Å². The summed E-state index contributed by atoms with van der Waals surface area (Å²) < 4.78 is 0. The van der Waals surface area contributed by atoms with Gasteiger partial charge in [0.2, 0.25) is 11.8 Å². The molecular formula is C26H36N6O2S. The zero-order valence-electron chi connectivity index (χ0n) is 20.9. The first kappa shape index (κ1) is 25.3. The summed E-state index contributed by atoms with van der Waals surface area (Å²) in [5, 5.41) is 15.5. The number of aromatic nitrogens is 2. The number of thioether (sulfide) groups is 1. The number of amides is 2. The van der Waals surface area contributed by atoms with E-state index >= 15 is 0 Å². The average molecular weight is 497 g/mol. The monoisotopic (exact) mass is 496 g/mol. The third-order valence-electron chi connectivity index (χ3n) is 6.63. The van der Waals surface area contributed by atoms with E-state index in [2.05, 4.69) is 50.5 Å². The van der Waals surface area contributed by atoms with Crippen molar-refractivity contribution in [2.45, 2.75) is 57.5 Å². The predicted octanol–water partition coefficient (Wildman–Crippen LogP) is 3.86. The molecule has 1 unspecified atom stereocenters. The predicted molar refractivity (Wildman–Crippen MR) is 142 cm³/mol. The van der Waals surface area contributed by atoms with E-state index in [1.807, 2.05) is 31.2 Å². The van der Waals surface area contributed by atoms with E-state index in [0.717, 1.165) is 62.4 Å². The fourth-order valence-corrected chi connectivity index (χ4v) is 5.02. The quantitative estimate of drug-likeness (QED) is 0.483. The van der Waals surface area contributed by atoms with Gasteiger partial charge in [-0.2, -0.15) is 0 Å². The maximum Gasteiger partial charge on any atom is 0.234 e. The first-order chi connectivity index (χ1) is 17.0. The highest BCUT2D eigenvalue weighted by Gasteiger charge is 2.31. The Hall–Kier alpha value is -2.81. The normalized spacial score (nSPS) is 17.7. The highest BCUT2D eigenvalue weighted by molar-refractivity contribution is 7.99. The number of carbonyl (C=O) groups is 2. The topological polar surface area (TPSA) is 90.5 Å². The molecule has 2 fully saturated rings. The Labute approximate surface area is 212 Å². The van der Waals surface area contributed by atoms with Crippen molar-refractivity contribution in [2.24, 2.45) is 5.92 Å². The van der Waals surface area contributed by atoms with Crippen LogP contribution in [0, 0.1) is 12.8 Å². The molecule has 0 bridgehead atoms. The van der Waals surface area contributed by atoms with Gasteiger partial charge < -0.3 is 20.4 Å². The zero-order chi connectivity index (χ0) is 24.8. The molecule has 9 heteroatoms. The zero-order valence-corrected chi connectivity index (χ0v) is 21.7. The van der Waals surface area contributed by atoms with Gasteiger partial charge >= 0.3 is 0 Å². The molecule has 0 spiro atoms. The summed E-state index contributed by atoms with van der Waals surface area (Å²) in [7, 11) is 0. The van der Waals surface area contributed by atoms with E-state index < -0.39 is 0 Å². The highest BCUT2D eigenvalue weighted by Crippen LogP contribution is 2.26. The minimum atomic E-state index is -0.0693. The summed E-state index contributed by atoms with van der Waals surface area (Å²) in [5.74, 6) is 1.15. The maximum absolute atomic E-state index is 12.5. The highest BCUT2D eigenvalue weighted by atomic mass is 32.2. The fraction of sp³-hybridized carbons (Fsp3) is 0.538. The second-order valence-corrected chi connectivity index (χ2v) is 10.3. The molecule has 1 aromatic carbocycles. The first-order valence-corrected chi connectivity index (χ1v) is 13.6. The smallest absolute Gasteiger partial charge is 0.234 e. The van der Waals surface area contributed by atoms with Crippen LogP contribution < -0.4 is 20.4 Å². The molecule has 8 nitrogen and oxygen atoms in total. The van der Waals surface area contributed by atoms with Crippen LogP contribution in [0.4, 0.5) is 17.2 Å². The molecule has 1 saturated heterocycles. The van der Waals surface area contributed by atoms with E-state index in [0.29, 0.717) is 17.6 Å². The minimum Gasteiger partial charge on any atom is -0.372 e. The van der Waals surface area contributed by atoms with Crippen molar-refractivity contribution in [1.29, 1.82) is 0 Å². The van der Waals surface area contributed by atoms with E-state index in [-0.39, 0.29) is 23.5 Å². The van der Waals surface area contributed by atoms with Gasteiger partial charge in [-0.05, 0) is 82.3 Å². The Morgan fingerprint density at radius 1 is 1.11 bits per heavy atom. The molecule has 1 atom stereocenters. The second-order valence-electron chi connectivity index (χ2n) is 9.31. The lowest BCUT2D eigenvalue weighted by Crippen LogP contribution is -2.44. The van der Waals surface area contributed by atoms with Gasteiger partial charge in [-0.25, -0.2) is 0 Å². The molecule has 0 radical (unpaired) electrons. The van der Waals surface area contributed by atoms with Gasteiger partial charge in [0.05, 0.1) is 11.7 Å².